The van der Waals surface area contributed by atoms with E-state index in [1.54, 1.807) is 12.4 Å². The number of aromatic nitrogens is 1. The van der Waals surface area contributed by atoms with Gasteiger partial charge >= 0.3 is 0 Å². The Morgan fingerprint density at radius 3 is 2.37 bits per heavy atom. The summed E-state index contributed by atoms with van der Waals surface area (Å²) in [5.41, 5.74) is 8.30. The third-order valence-electron chi connectivity index (χ3n) is 3.24. The molecule has 0 radical (unpaired) electrons. The van der Waals surface area contributed by atoms with Gasteiger partial charge in [0.05, 0.1) is 6.61 Å². The number of benzene rings is 1. The van der Waals surface area contributed by atoms with Crippen LogP contribution < -0.4 is 10.5 Å². The largest absolute Gasteiger partial charge is 0.493 e. The molecule has 19 heavy (non-hydrogen) atoms. The van der Waals surface area contributed by atoms with Gasteiger partial charge in [-0.15, -0.1) is 0 Å². The van der Waals surface area contributed by atoms with Gasteiger partial charge in [0.2, 0.25) is 0 Å². The highest BCUT2D eigenvalue weighted by molar-refractivity contribution is 5.27. The van der Waals surface area contributed by atoms with Gasteiger partial charge in [-0.1, -0.05) is 19.1 Å². The number of aryl methyl sites for hydroxylation is 1. The minimum Gasteiger partial charge on any atom is -0.493 e. The fourth-order valence-corrected chi connectivity index (χ4v) is 1.95. The Kier molecular flexibility index (Phi) is 4.93. The first-order valence-corrected chi connectivity index (χ1v) is 6.65. The maximum Gasteiger partial charge on any atom is 0.119 e. The van der Waals surface area contributed by atoms with Crippen LogP contribution in [0.2, 0.25) is 0 Å². The van der Waals surface area contributed by atoms with Gasteiger partial charge in [-0.25, -0.2) is 0 Å². The predicted molar refractivity (Wildman–Crippen MR) is 77.3 cm³/mol. The molecule has 3 nitrogen and oxygen atoms in total. The summed E-state index contributed by atoms with van der Waals surface area (Å²) in [5, 5.41) is 0. The van der Waals surface area contributed by atoms with Crippen molar-refractivity contribution < 1.29 is 4.74 Å². The van der Waals surface area contributed by atoms with Gasteiger partial charge in [-0.2, -0.15) is 0 Å². The molecule has 100 valence electrons. The predicted octanol–water partition coefficient (Wildman–Crippen LogP) is 2.77. The van der Waals surface area contributed by atoms with E-state index in [-0.39, 0.29) is 5.92 Å². The second kappa shape index (κ2) is 6.90. The van der Waals surface area contributed by atoms with E-state index in [0.29, 0.717) is 13.2 Å². The van der Waals surface area contributed by atoms with Gasteiger partial charge in [-0.3, -0.25) is 4.98 Å². The molecule has 0 saturated carbocycles. The number of ether oxygens (including phenoxy) is 1. The molecule has 2 aromatic rings. The second-order valence-corrected chi connectivity index (χ2v) is 4.52. The van der Waals surface area contributed by atoms with E-state index in [2.05, 4.69) is 24.0 Å². The minimum absolute atomic E-state index is 0.203. The van der Waals surface area contributed by atoms with Crippen LogP contribution in [0.4, 0.5) is 0 Å². The first kappa shape index (κ1) is 13.6. The zero-order valence-electron chi connectivity index (χ0n) is 11.3. The molecule has 0 aliphatic heterocycles. The van der Waals surface area contributed by atoms with Crippen LogP contribution in [0.15, 0.2) is 48.8 Å². The van der Waals surface area contributed by atoms with Crippen LogP contribution in [0.25, 0.3) is 0 Å². The number of nitrogens with two attached hydrogens (primary N) is 1. The molecule has 0 amide bonds. The Morgan fingerprint density at radius 2 is 1.79 bits per heavy atom. The quantitative estimate of drug-likeness (QED) is 0.864. The van der Waals surface area contributed by atoms with Crippen molar-refractivity contribution in [1.29, 1.82) is 0 Å². The van der Waals surface area contributed by atoms with Crippen molar-refractivity contribution in [2.24, 2.45) is 5.73 Å². The molecule has 2 N–H and O–H groups in total. The van der Waals surface area contributed by atoms with Gasteiger partial charge in [0, 0.05) is 24.9 Å². The molecular weight excluding hydrogens is 236 g/mol. The molecule has 3 heteroatoms. The van der Waals surface area contributed by atoms with E-state index in [9.17, 15) is 0 Å². The molecule has 1 heterocycles. The van der Waals surface area contributed by atoms with Crippen LogP contribution >= 0.6 is 0 Å². The lowest BCUT2D eigenvalue weighted by Gasteiger charge is -2.16. The molecule has 0 aliphatic carbocycles. The summed E-state index contributed by atoms with van der Waals surface area (Å²) in [6.07, 6.45) is 4.62. The van der Waals surface area contributed by atoms with Crippen molar-refractivity contribution in [2.45, 2.75) is 19.3 Å². The van der Waals surface area contributed by atoms with Gasteiger partial charge in [-0.05, 0) is 41.8 Å². The van der Waals surface area contributed by atoms with Crippen molar-refractivity contribution >= 4 is 0 Å². The Bertz CT molecular complexity index is 482. The van der Waals surface area contributed by atoms with E-state index >= 15 is 0 Å². The number of nitrogens with zero attached hydrogens (tertiary/aromatic N) is 1. The van der Waals surface area contributed by atoms with Gasteiger partial charge < -0.3 is 10.5 Å². The fraction of sp³-hybridized carbons (Fsp3) is 0.312. The third kappa shape index (κ3) is 3.80. The maximum absolute atomic E-state index is 5.81. The summed E-state index contributed by atoms with van der Waals surface area (Å²) in [5.74, 6) is 1.10. The highest BCUT2D eigenvalue weighted by Crippen LogP contribution is 2.17. The summed E-state index contributed by atoms with van der Waals surface area (Å²) in [6, 6.07) is 12.2. The molecule has 0 aliphatic rings. The maximum atomic E-state index is 5.81. The first-order chi connectivity index (χ1) is 9.33. The van der Waals surface area contributed by atoms with Crippen molar-refractivity contribution in [3.8, 4) is 5.75 Å². The van der Waals surface area contributed by atoms with E-state index < -0.39 is 0 Å². The molecule has 1 unspecified atom stereocenters. The molecule has 1 atom stereocenters. The monoisotopic (exact) mass is 256 g/mol. The van der Waals surface area contributed by atoms with Crippen LogP contribution in [0.3, 0.4) is 0 Å². The average molecular weight is 256 g/mol. The van der Waals surface area contributed by atoms with Gasteiger partial charge in [0.1, 0.15) is 5.75 Å². The molecule has 1 aromatic carbocycles. The van der Waals surface area contributed by atoms with E-state index in [4.69, 9.17) is 10.5 Å². The topological polar surface area (TPSA) is 48.1 Å². The summed E-state index contributed by atoms with van der Waals surface area (Å²) in [7, 11) is 0. The summed E-state index contributed by atoms with van der Waals surface area (Å²) >= 11 is 0. The van der Waals surface area contributed by atoms with Crippen LogP contribution in [0.5, 0.6) is 5.75 Å². The highest BCUT2D eigenvalue weighted by Gasteiger charge is 2.10. The molecule has 0 saturated heterocycles. The Balaban J connectivity index is 1.96. The standard InChI is InChI=1S/C16H20N2O/c1-2-13-3-5-16(6-4-13)19-12-15(11-17)14-7-9-18-10-8-14/h3-10,15H,2,11-12,17H2,1H3. The average Bonchev–Trinajstić information content (AvgIpc) is 2.49. The Hall–Kier alpha value is -1.87. The van der Waals surface area contributed by atoms with Crippen LogP contribution in [0, 0.1) is 0 Å². The van der Waals surface area contributed by atoms with Gasteiger partial charge in [0.25, 0.3) is 0 Å². The lowest BCUT2D eigenvalue weighted by molar-refractivity contribution is 0.290. The molecule has 0 fully saturated rings. The van der Waals surface area contributed by atoms with Crippen LogP contribution in [0.1, 0.15) is 24.0 Å². The lowest BCUT2D eigenvalue weighted by Crippen LogP contribution is -2.19. The first-order valence-electron chi connectivity index (χ1n) is 6.65. The Morgan fingerprint density at radius 1 is 1.11 bits per heavy atom. The zero-order chi connectivity index (χ0) is 13.5. The van der Waals surface area contributed by atoms with Crippen molar-refractivity contribution in [1.82, 2.24) is 4.98 Å². The molecular formula is C16H20N2O. The normalized spacial score (nSPS) is 12.1. The highest BCUT2D eigenvalue weighted by atomic mass is 16.5. The Labute approximate surface area is 114 Å². The summed E-state index contributed by atoms with van der Waals surface area (Å²) < 4.78 is 5.81. The number of rotatable bonds is 6. The molecule has 2 rings (SSSR count). The number of pyridine rings is 1. The number of hydrogen-bond acceptors (Lipinski definition) is 3. The van der Waals surface area contributed by atoms with Gasteiger partial charge in [0.15, 0.2) is 0 Å². The van der Waals surface area contributed by atoms with Crippen molar-refractivity contribution in [3.63, 3.8) is 0 Å². The number of hydrogen-bond donors (Lipinski definition) is 1. The molecule has 0 bridgehead atoms. The van der Waals surface area contributed by atoms with Crippen LogP contribution in [-0.2, 0) is 6.42 Å². The molecule has 1 aromatic heterocycles. The van der Waals surface area contributed by atoms with E-state index in [1.165, 1.54) is 11.1 Å². The summed E-state index contributed by atoms with van der Waals surface area (Å²) in [4.78, 5) is 4.02. The van der Waals surface area contributed by atoms with E-state index in [0.717, 1.165) is 12.2 Å². The zero-order valence-corrected chi connectivity index (χ0v) is 11.3. The SMILES string of the molecule is CCc1ccc(OCC(CN)c2ccncc2)cc1. The van der Waals surface area contributed by atoms with E-state index in [1.807, 2.05) is 24.3 Å². The fourth-order valence-electron chi connectivity index (χ4n) is 1.95. The smallest absolute Gasteiger partial charge is 0.119 e. The van der Waals surface area contributed by atoms with Crippen molar-refractivity contribution in [2.75, 3.05) is 13.2 Å². The summed E-state index contributed by atoms with van der Waals surface area (Å²) in [6.45, 7) is 3.30. The van der Waals surface area contributed by atoms with Crippen LogP contribution in [-0.4, -0.2) is 18.1 Å². The lowest BCUT2D eigenvalue weighted by atomic mass is 10.0. The van der Waals surface area contributed by atoms with Crippen molar-refractivity contribution in [3.05, 3.63) is 59.9 Å². The second-order valence-electron chi connectivity index (χ2n) is 4.52. The minimum atomic E-state index is 0.203. The third-order valence-corrected chi connectivity index (χ3v) is 3.24. The molecule has 0 spiro atoms.